The third-order valence-corrected chi connectivity index (χ3v) is 2.91. The van der Waals surface area contributed by atoms with Crippen LogP contribution in [-0.4, -0.2) is 26.7 Å². The lowest BCUT2D eigenvalue weighted by atomic mass is 10.1. The number of para-hydroxylation sites is 1. The molecule has 0 fully saturated rings. The van der Waals surface area contributed by atoms with Crippen LogP contribution in [0.15, 0.2) is 42.7 Å². The fourth-order valence-electron chi connectivity index (χ4n) is 2.05. The van der Waals surface area contributed by atoms with Crippen LogP contribution in [0.1, 0.15) is 5.82 Å². The standard InChI is InChI=1S/C14H13N3O/c18-8-6-14-15-7-5-13(17-14)11-9-16-12-4-2-1-3-10(11)12/h1-5,7,9,16,18H,6,8H2. The summed E-state index contributed by atoms with van der Waals surface area (Å²) in [5.74, 6) is 0.667. The van der Waals surface area contributed by atoms with Gasteiger partial charge in [0.2, 0.25) is 0 Å². The Morgan fingerprint density at radius 3 is 2.94 bits per heavy atom. The van der Waals surface area contributed by atoms with Crippen molar-refractivity contribution < 1.29 is 5.11 Å². The first-order valence-corrected chi connectivity index (χ1v) is 5.88. The Balaban J connectivity index is 2.11. The lowest BCUT2D eigenvalue weighted by Gasteiger charge is -2.01. The molecule has 0 bridgehead atoms. The molecule has 2 heterocycles. The number of H-pyrrole nitrogens is 1. The minimum Gasteiger partial charge on any atom is -0.396 e. The van der Waals surface area contributed by atoms with Gasteiger partial charge in [-0.25, -0.2) is 9.97 Å². The molecule has 90 valence electrons. The van der Waals surface area contributed by atoms with E-state index < -0.39 is 0 Å². The molecule has 0 unspecified atom stereocenters. The van der Waals surface area contributed by atoms with E-state index in [1.165, 1.54) is 0 Å². The highest BCUT2D eigenvalue weighted by Gasteiger charge is 2.07. The Kier molecular flexibility index (Phi) is 2.78. The highest BCUT2D eigenvalue weighted by Crippen LogP contribution is 2.26. The van der Waals surface area contributed by atoms with Crippen LogP contribution in [0.5, 0.6) is 0 Å². The van der Waals surface area contributed by atoms with E-state index in [-0.39, 0.29) is 6.61 Å². The van der Waals surface area contributed by atoms with Crippen molar-refractivity contribution in [3.05, 3.63) is 48.5 Å². The molecule has 0 aliphatic carbocycles. The maximum absolute atomic E-state index is 8.93. The summed E-state index contributed by atoms with van der Waals surface area (Å²) in [5.41, 5.74) is 3.04. The maximum atomic E-state index is 8.93. The largest absolute Gasteiger partial charge is 0.396 e. The van der Waals surface area contributed by atoms with Crippen LogP contribution in [-0.2, 0) is 6.42 Å². The summed E-state index contributed by atoms with van der Waals surface area (Å²) >= 11 is 0. The van der Waals surface area contributed by atoms with Crippen molar-refractivity contribution in [1.82, 2.24) is 15.0 Å². The van der Waals surface area contributed by atoms with Crippen molar-refractivity contribution in [3.8, 4) is 11.3 Å². The molecule has 2 N–H and O–H groups in total. The second kappa shape index (κ2) is 4.58. The SMILES string of the molecule is OCCc1nccc(-c2c[nH]c3ccccc23)n1. The van der Waals surface area contributed by atoms with Gasteiger partial charge in [-0.15, -0.1) is 0 Å². The summed E-state index contributed by atoms with van der Waals surface area (Å²) in [7, 11) is 0. The van der Waals surface area contributed by atoms with E-state index in [0.29, 0.717) is 12.2 Å². The lowest BCUT2D eigenvalue weighted by molar-refractivity contribution is 0.296. The molecule has 0 aliphatic rings. The zero-order valence-electron chi connectivity index (χ0n) is 9.80. The number of rotatable bonds is 3. The van der Waals surface area contributed by atoms with Gasteiger partial charge in [0.15, 0.2) is 0 Å². The molecule has 4 heteroatoms. The van der Waals surface area contributed by atoms with Crippen LogP contribution in [0.4, 0.5) is 0 Å². The van der Waals surface area contributed by atoms with Gasteiger partial charge in [0, 0.05) is 35.3 Å². The lowest BCUT2D eigenvalue weighted by Crippen LogP contribution is -1.98. The normalized spacial score (nSPS) is 10.9. The number of hydrogen-bond donors (Lipinski definition) is 2. The van der Waals surface area contributed by atoms with Crippen LogP contribution in [0.25, 0.3) is 22.2 Å². The van der Waals surface area contributed by atoms with Crippen molar-refractivity contribution in [2.24, 2.45) is 0 Å². The van der Waals surface area contributed by atoms with Crippen LogP contribution in [0.3, 0.4) is 0 Å². The van der Waals surface area contributed by atoms with E-state index in [9.17, 15) is 0 Å². The molecule has 0 radical (unpaired) electrons. The summed E-state index contributed by atoms with van der Waals surface area (Å²) in [5, 5.41) is 10.1. The van der Waals surface area contributed by atoms with E-state index >= 15 is 0 Å². The number of hydrogen-bond acceptors (Lipinski definition) is 3. The van der Waals surface area contributed by atoms with E-state index in [0.717, 1.165) is 22.2 Å². The first-order chi connectivity index (χ1) is 8.88. The van der Waals surface area contributed by atoms with Gasteiger partial charge < -0.3 is 10.1 Å². The summed E-state index contributed by atoms with van der Waals surface area (Å²) in [6.45, 7) is 0.0668. The molecule has 3 aromatic rings. The molecular formula is C14H13N3O. The average molecular weight is 239 g/mol. The topological polar surface area (TPSA) is 61.8 Å². The van der Waals surface area contributed by atoms with Gasteiger partial charge in [-0.05, 0) is 12.1 Å². The Labute approximate surface area is 104 Å². The second-order valence-corrected chi connectivity index (χ2v) is 4.08. The minimum absolute atomic E-state index is 0.0668. The van der Waals surface area contributed by atoms with Gasteiger partial charge >= 0.3 is 0 Å². The monoisotopic (exact) mass is 239 g/mol. The van der Waals surface area contributed by atoms with Gasteiger partial charge in [-0.3, -0.25) is 0 Å². The fourth-order valence-corrected chi connectivity index (χ4v) is 2.05. The first kappa shape index (κ1) is 10.9. The van der Waals surface area contributed by atoms with Crippen molar-refractivity contribution in [1.29, 1.82) is 0 Å². The van der Waals surface area contributed by atoms with Gasteiger partial charge in [-0.2, -0.15) is 0 Å². The second-order valence-electron chi connectivity index (χ2n) is 4.08. The van der Waals surface area contributed by atoms with E-state index in [1.54, 1.807) is 6.20 Å². The molecule has 0 spiro atoms. The zero-order chi connectivity index (χ0) is 12.4. The van der Waals surface area contributed by atoms with E-state index in [2.05, 4.69) is 21.0 Å². The predicted octanol–water partition coefficient (Wildman–Crippen LogP) is 2.16. The molecule has 0 saturated carbocycles. The van der Waals surface area contributed by atoms with E-state index in [1.807, 2.05) is 30.5 Å². The number of aliphatic hydroxyl groups is 1. The third kappa shape index (κ3) is 1.87. The van der Waals surface area contributed by atoms with Gasteiger partial charge in [0.05, 0.1) is 12.3 Å². The van der Waals surface area contributed by atoms with Crippen LogP contribution in [0, 0.1) is 0 Å². The number of aromatic amines is 1. The zero-order valence-corrected chi connectivity index (χ0v) is 9.80. The molecule has 0 aliphatic heterocycles. The highest BCUT2D eigenvalue weighted by molar-refractivity contribution is 5.94. The molecule has 3 rings (SSSR count). The molecule has 0 saturated heterocycles. The van der Waals surface area contributed by atoms with Crippen LogP contribution in [0.2, 0.25) is 0 Å². The average Bonchev–Trinajstić information content (AvgIpc) is 2.83. The summed E-state index contributed by atoms with van der Waals surface area (Å²) in [6, 6.07) is 10.00. The number of fused-ring (bicyclic) bond motifs is 1. The quantitative estimate of drug-likeness (QED) is 0.736. The number of aliphatic hydroxyl groups excluding tert-OH is 1. The minimum atomic E-state index is 0.0668. The number of nitrogens with zero attached hydrogens (tertiary/aromatic N) is 2. The molecule has 2 aromatic heterocycles. The summed E-state index contributed by atoms with van der Waals surface area (Å²) in [4.78, 5) is 11.8. The van der Waals surface area contributed by atoms with Crippen molar-refractivity contribution in [2.45, 2.75) is 6.42 Å². The van der Waals surface area contributed by atoms with Crippen LogP contribution < -0.4 is 0 Å². The molecule has 1 aromatic carbocycles. The Bertz CT molecular complexity index is 675. The molecule has 0 atom stereocenters. The van der Waals surface area contributed by atoms with Crippen LogP contribution >= 0.6 is 0 Å². The van der Waals surface area contributed by atoms with Gasteiger partial charge in [-0.1, -0.05) is 18.2 Å². The fraction of sp³-hybridized carbons (Fsp3) is 0.143. The first-order valence-electron chi connectivity index (χ1n) is 5.88. The smallest absolute Gasteiger partial charge is 0.131 e. The Morgan fingerprint density at radius 1 is 1.17 bits per heavy atom. The van der Waals surface area contributed by atoms with E-state index in [4.69, 9.17) is 5.11 Å². The Morgan fingerprint density at radius 2 is 2.06 bits per heavy atom. The van der Waals surface area contributed by atoms with Crippen molar-refractivity contribution >= 4 is 10.9 Å². The van der Waals surface area contributed by atoms with Crippen molar-refractivity contribution in [2.75, 3.05) is 6.61 Å². The molecular weight excluding hydrogens is 226 g/mol. The van der Waals surface area contributed by atoms with Gasteiger partial charge in [0.1, 0.15) is 5.82 Å². The predicted molar refractivity (Wildman–Crippen MR) is 70.1 cm³/mol. The number of nitrogens with one attached hydrogen (secondary N) is 1. The summed E-state index contributed by atoms with van der Waals surface area (Å²) < 4.78 is 0. The number of benzene rings is 1. The highest BCUT2D eigenvalue weighted by atomic mass is 16.3. The molecule has 4 nitrogen and oxygen atoms in total. The number of aromatic nitrogens is 3. The third-order valence-electron chi connectivity index (χ3n) is 2.91. The summed E-state index contributed by atoms with van der Waals surface area (Å²) in [6.07, 6.45) is 4.17. The molecule has 0 amide bonds. The Hall–Kier alpha value is -2.20. The molecule has 18 heavy (non-hydrogen) atoms. The van der Waals surface area contributed by atoms with Gasteiger partial charge in [0.25, 0.3) is 0 Å². The maximum Gasteiger partial charge on any atom is 0.131 e. The van der Waals surface area contributed by atoms with Crippen molar-refractivity contribution in [3.63, 3.8) is 0 Å².